The number of rotatable bonds is 2. The van der Waals surface area contributed by atoms with E-state index >= 15 is 0 Å². The second-order valence-electron chi connectivity index (χ2n) is 5.32. The van der Waals surface area contributed by atoms with E-state index in [0.717, 1.165) is 18.8 Å². The number of piperazine rings is 1. The lowest BCUT2D eigenvalue weighted by Crippen LogP contribution is -2.48. The van der Waals surface area contributed by atoms with E-state index in [4.69, 9.17) is 0 Å². The summed E-state index contributed by atoms with van der Waals surface area (Å²) in [5, 5.41) is 19.3. The van der Waals surface area contributed by atoms with Crippen molar-refractivity contribution in [3.63, 3.8) is 0 Å². The second-order valence-corrected chi connectivity index (χ2v) is 5.32. The molecule has 114 valence electrons. The molecule has 1 saturated heterocycles. The molecule has 3 rings (SSSR count). The third-order valence-corrected chi connectivity index (χ3v) is 3.90. The van der Waals surface area contributed by atoms with Gasteiger partial charge in [0.2, 0.25) is 0 Å². The minimum absolute atomic E-state index is 0.0240. The molecule has 1 aliphatic heterocycles. The molecule has 0 unspecified atom stereocenters. The van der Waals surface area contributed by atoms with Gasteiger partial charge in [-0.2, -0.15) is 0 Å². The number of aromatic hydroxyl groups is 2. The van der Waals surface area contributed by atoms with Crippen molar-refractivity contribution in [2.75, 3.05) is 31.1 Å². The lowest BCUT2D eigenvalue weighted by atomic mass is 10.1. The Morgan fingerprint density at radius 1 is 0.909 bits per heavy atom. The fraction of sp³-hybridized carbons (Fsp3) is 0.235. The largest absolute Gasteiger partial charge is 0.508 e. The topological polar surface area (TPSA) is 64.0 Å². The minimum atomic E-state index is -0.249. The van der Waals surface area contributed by atoms with E-state index in [1.54, 1.807) is 4.90 Å². The van der Waals surface area contributed by atoms with Gasteiger partial charge in [0.05, 0.1) is 5.56 Å². The summed E-state index contributed by atoms with van der Waals surface area (Å²) in [4.78, 5) is 16.4. The molecule has 0 aliphatic carbocycles. The van der Waals surface area contributed by atoms with Crippen LogP contribution in [0.5, 0.6) is 11.5 Å². The van der Waals surface area contributed by atoms with E-state index in [-0.39, 0.29) is 23.0 Å². The molecule has 1 heterocycles. The summed E-state index contributed by atoms with van der Waals surface area (Å²) in [5.41, 5.74) is 1.29. The summed E-state index contributed by atoms with van der Waals surface area (Å²) in [5.74, 6) is -0.376. The first-order valence-electron chi connectivity index (χ1n) is 7.26. The highest BCUT2D eigenvalue weighted by Crippen LogP contribution is 2.24. The molecule has 1 amide bonds. The molecule has 5 nitrogen and oxygen atoms in total. The van der Waals surface area contributed by atoms with Gasteiger partial charge in [0.25, 0.3) is 5.91 Å². The van der Waals surface area contributed by atoms with Crippen LogP contribution in [0.3, 0.4) is 0 Å². The summed E-state index contributed by atoms with van der Waals surface area (Å²) >= 11 is 0. The number of nitrogens with zero attached hydrogens (tertiary/aromatic N) is 2. The van der Waals surface area contributed by atoms with Crippen LogP contribution in [-0.4, -0.2) is 47.2 Å². The molecule has 0 spiro atoms. The van der Waals surface area contributed by atoms with Crippen LogP contribution in [0.2, 0.25) is 0 Å². The fourth-order valence-corrected chi connectivity index (χ4v) is 2.67. The van der Waals surface area contributed by atoms with Gasteiger partial charge in [0.1, 0.15) is 11.5 Å². The van der Waals surface area contributed by atoms with Gasteiger partial charge in [-0.3, -0.25) is 4.79 Å². The highest BCUT2D eigenvalue weighted by Gasteiger charge is 2.24. The van der Waals surface area contributed by atoms with Crippen LogP contribution in [0, 0.1) is 0 Å². The maximum atomic E-state index is 12.5. The molecule has 0 radical (unpaired) electrons. The first-order valence-corrected chi connectivity index (χ1v) is 7.26. The number of benzene rings is 2. The van der Waals surface area contributed by atoms with Gasteiger partial charge in [0, 0.05) is 31.9 Å². The molecule has 2 aromatic rings. The number of hydrogen-bond acceptors (Lipinski definition) is 4. The van der Waals surface area contributed by atoms with Crippen LogP contribution >= 0.6 is 0 Å². The Hall–Kier alpha value is -2.69. The van der Waals surface area contributed by atoms with E-state index in [2.05, 4.69) is 17.0 Å². The van der Waals surface area contributed by atoms with Crippen molar-refractivity contribution in [1.29, 1.82) is 0 Å². The number of amides is 1. The Morgan fingerprint density at radius 2 is 1.59 bits per heavy atom. The van der Waals surface area contributed by atoms with E-state index in [1.807, 2.05) is 18.2 Å². The highest BCUT2D eigenvalue weighted by atomic mass is 16.3. The van der Waals surface area contributed by atoms with Crippen LogP contribution in [0.15, 0.2) is 48.5 Å². The predicted octanol–water partition coefficient (Wildman–Crippen LogP) is 2.06. The monoisotopic (exact) mass is 298 g/mol. The van der Waals surface area contributed by atoms with E-state index in [0.29, 0.717) is 13.1 Å². The van der Waals surface area contributed by atoms with Gasteiger partial charge in [-0.15, -0.1) is 0 Å². The lowest BCUT2D eigenvalue weighted by Gasteiger charge is -2.36. The number of hydrogen-bond donors (Lipinski definition) is 2. The van der Waals surface area contributed by atoms with Crippen molar-refractivity contribution in [3.8, 4) is 11.5 Å². The molecular formula is C17H18N2O3. The molecule has 1 fully saturated rings. The van der Waals surface area contributed by atoms with E-state index in [1.165, 1.54) is 18.2 Å². The first kappa shape index (κ1) is 14.3. The normalized spacial score (nSPS) is 14.9. The molecule has 0 aromatic heterocycles. The number of para-hydroxylation sites is 1. The number of anilines is 1. The summed E-state index contributed by atoms with van der Waals surface area (Å²) in [6.07, 6.45) is 0. The van der Waals surface area contributed by atoms with Crippen molar-refractivity contribution < 1.29 is 15.0 Å². The second kappa shape index (κ2) is 5.97. The van der Waals surface area contributed by atoms with Gasteiger partial charge in [-0.1, -0.05) is 18.2 Å². The maximum Gasteiger partial charge on any atom is 0.257 e. The van der Waals surface area contributed by atoms with Crippen LogP contribution in [0.4, 0.5) is 5.69 Å². The fourth-order valence-electron chi connectivity index (χ4n) is 2.67. The third-order valence-electron chi connectivity index (χ3n) is 3.90. The number of phenols is 2. The van der Waals surface area contributed by atoms with Crippen LogP contribution in [0.25, 0.3) is 0 Å². The van der Waals surface area contributed by atoms with Gasteiger partial charge in [-0.25, -0.2) is 0 Å². The number of phenolic OH excluding ortho intramolecular Hbond substituents is 2. The zero-order chi connectivity index (χ0) is 15.5. The average molecular weight is 298 g/mol. The Labute approximate surface area is 129 Å². The molecule has 2 aromatic carbocycles. The van der Waals surface area contributed by atoms with Crippen LogP contribution in [0.1, 0.15) is 10.4 Å². The van der Waals surface area contributed by atoms with Crippen LogP contribution < -0.4 is 4.90 Å². The molecule has 5 heteroatoms. The molecule has 0 bridgehead atoms. The zero-order valence-corrected chi connectivity index (χ0v) is 12.1. The van der Waals surface area contributed by atoms with Gasteiger partial charge in [-0.05, 0) is 30.3 Å². The van der Waals surface area contributed by atoms with Gasteiger partial charge < -0.3 is 20.0 Å². The smallest absolute Gasteiger partial charge is 0.257 e. The Bertz CT molecular complexity index is 665. The van der Waals surface area contributed by atoms with Crippen molar-refractivity contribution in [1.82, 2.24) is 4.90 Å². The maximum absolute atomic E-state index is 12.5. The van der Waals surface area contributed by atoms with Crippen molar-refractivity contribution in [2.24, 2.45) is 0 Å². The lowest BCUT2D eigenvalue weighted by molar-refractivity contribution is 0.0743. The van der Waals surface area contributed by atoms with Crippen molar-refractivity contribution in [3.05, 3.63) is 54.1 Å². The summed E-state index contributed by atoms with van der Waals surface area (Å²) in [6, 6.07) is 14.1. The van der Waals surface area contributed by atoms with Crippen LogP contribution in [-0.2, 0) is 0 Å². The molecule has 1 aliphatic rings. The molecule has 22 heavy (non-hydrogen) atoms. The minimum Gasteiger partial charge on any atom is -0.508 e. The molecule has 2 N–H and O–H groups in total. The predicted molar refractivity (Wildman–Crippen MR) is 84.3 cm³/mol. The average Bonchev–Trinajstić information content (AvgIpc) is 2.57. The number of carbonyl (C=O) groups is 1. The van der Waals surface area contributed by atoms with Gasteiger partial charge in [0.15, 0.2) is 0 Å². The third kappa shape index (κ3) is 2.83. The Kier molecular flexibility index (Phi) is 3.87. The standard InChI is InChI=1S/C17H18N2O3/c20-14-6-7-16(21)15(12-14)17(22)19-10-8-18(9-11-19)13-4-2-1-3-5-13/h1-7,12,20-21H,8-11H2. The molecule has 0 saturated carbocycles. The van der Waals surface area contributed by atoms with Crippen molar-refractivity contribution in [2.45, 2.75) is 0 Å². The molecule has 0 atom stereocenters. The molecular weight excluding hydrogens is 280 g/mol. The van der Waals surface area contributed by atoms with E-state index in [9.17, 15) is 15.0 Å². The summed E-state index contributed by atoms with van der Waals surface area (Å²) < 4.78 is 0. The summed E-state index contributed by atoms with van der Waals surface area (Å²) in [6.45, 7) is 2.66. The Balaban J connectivity index is 1.68. The summed E-state index contributed by atoms with van der Waals surface area (Å²) in [7, 11) is 0. The number of carbonyl (C=O) groups excluding carboxylic acids is 1. The first-order chi connectivity index (χ1) is 10.6. The quantitative estimate of drug-likeness (QED) is 0.833. The highest BCUT2D eigenvalue weighted by molar-refractivity contribution is 5.97. The Morgan fingerprint density at radius 3 is 2.27 bits per heavy atom. The van der Waals surface area contributed by atoms with Gasteiger partial charge >= 0.3 is 0 Å². The SMILES string of the molecule is O=C(c1cc(O)ccc1O)N1CCN(c2ccccc2)CC1. The van der Waals surface area contributed by atoms with Crippen molar-refractivity contribution >= 4 is 11.6 Å². The van der Waals surface area contributed by atoms with E-state index < -0.39 is 0 Å². The zero-order valence-electron chi connectivity index (χ0n) is 12.1.